The third-order valence-corrected chi connectivity index (χ3v) is 12.3. The van der Waals surface area contributed by atoms with Gasteiger partial charge in [0.1, 0.15) is 47.7 Å². The van der Waals surface area contributed by atoms with Gasteiger partial charge in [-0.1, -0.05) is 30.9 Å². The zero-order valence-electron chi connectivity index (χ0n) is 33.3. The van der Waals surface area contributed by atoms with Crippen molar-refractivity contribution in [1.29, 1.82) is 0 Å². The number of Topliss-reactive ketones (excluding diaryl/α,β-unsaturated/α-hetero) is 1. The third-order valence-electron chi connectivity index (χ3n) is 12.3. The Hall–Kier alpha value is -5.62. The van der Waals surface area contributed by atoms with Crippen LogP contribution in [0.3, 0.4) is 0 Å². The molecule has 1 saturated heterocycles. The van der Waals surface area contributed by atoms with Gasteiger partial charge >= 0.3 is 0 Å². The number of ketones is 1. The number of amides is 1. The first-order chi connectivity index (χ1) is 29.2. The van der Waals surface area contributed by atoms with E-state index in [0.29, 0.717) is 28.7 Å². The number of phenolic OH excluding ortho intramolecular Hbond substituents is 1. The van der Waals surface area contributed by atoms with Gasteiger partial charge in [0.05, 0.1) is 43.0 Å². The molecule has 60 heavy (non-hydrogen) atoms. The molecule has 6 bridgehead atoms. The predicted molar refractivity (Wildman–Crippen MR) is 220 cm³/mol. The van der Waals surface area contributed by atoms with Crippen LogP contribution in [0.2, 0.25) is 0 Å². The van der Waals surface area contributed by atoms with Crippen molar-refractivity contribution in [2.24, 2.45) is 4.99 Å². The number of carbonyl (C=O) groups is 2. The maximum absolute atomic E-state index is 14.5. The Balaban J connectivity index is 1.08. The van der Waals surface area contributed by atoms with Gasteiger partial charge in [-0.25, -0.2) is 0 Å². The quantitative estimate of drug-likeness (QED) is 0.169. The summed E-state index contributed by atoms with van der Waals surface area (Å²) in [6, 6.07) is 10.6. The van der Waals surface area contributed by atoms with Crippen LogP contribution in [0.15, 0.2) is 76.0 Å². The van der Waals surface area contributed by atoms with Crippen molar-refractivity contribution in [3.63, 3.8) is 0 Å². The van der Waals surface area contributed by atoms with E-state index in [9.17, 15) is 30.0 Å². The summed E-state index contributed by atoms with van der Waals surface area (Å²) in [5, 5.41) is 45.8. The molecule has 310 valence electrons. The van der Waals surface area contributed by atoms with E-state index in [1.165, 1.54) is 18.1 Å². The SMILES string of the molecule is COc1cc2c3c(O)c(c(C4CCCC4)cc3c1)C(=O)CN1Cc3c(cccc3C1=O)CC#CO[C@@H]1[C@@H](O)[C@@H](O2)O[C@H](COCC2=C3[CH+]C(CCCO)=CC=C3N=C2)[C@H]1O. The Kier molecular flexibility index (Phi) is 11.1. The summed E-state index contributed by atoms with van der Waals surface area (Å²) < 4.78 is 30.4. The topological polar surface area (TPSA) is 177 Å². The number of fused-ring (bicyclic) bond motifs is 5. The molecule has 0 spiro atoms. The maximum atomic E-state index is 14.5. The number of phenols is 1. The molecule has 0 unspecified atom stereocenters. The summed E-state index contributed by atoms with van der Waals surface area (Å²) in [5.41, 5.74) is 6.48. The fourth-order valence-corrected chi connectivity index (χ4v) is 9.19. The number of benzene rings is 3. The molecule has 4 heterocycles. The molecular formula is C47H47N2O11+. The monoisotopic (exact) mass is 815 g/mol. The smallest absolute Gasteiger partial charge is 0.254 e. The Morgan fingerprint density at radius 1 is 1.07 bits per heavy atom. The first-order valence-corrected chi connectivity index (χ1v) is 20.6. The number of rotatable bonds is 9. The van der Waals surface area contributed by atoms with Gasteiger partial charge in [-0.05, 0) is 71.9 Å². The van der Waals surface area contributed by atoms with Gasteiger partial charge < -0.3 is 49.0 Å². The number of aromatic hydroxyl groups is 1. The number of aliphatic imine (C=N–C) groups is 1. The number of hydrogen-bond acceptors (Lipinski definition) is 12. The fraction of sp³-hybridized carbons (Fsp3) is 0.404. The van der Waals surface area contributed by atoms with Crippen LogP contribution < -0.4 is 9.47 Å². The molecule has 6 aliphatic rings. The van der Waals surface area contributed by atoms with Gasteiger partial charge in [-0.2, -0.15) is 4.99 Å². The van der Waals surface area contributed by atoms with Gasteiger partial charge in [-0.15, -0.1) is 0 Å². The molecule has 2 aliphatic carbocycles. The molecule has 9 rings (SSSR count). The lowest BCUT2D eigenvalue weighted by atomic mass is 9.87. The normalized spacial score (nSPS) is 24.9. The van der Waals surface area contributed by atoms with Gasteiger partial charge in [0.15, 0.2) is 23.7 Å². The fourth-order valence-electron chi connectivity index (χ4n) is 9.19. The summed E-state index contributed by atoms with van der Waals surface area (Å²) in [7, 11) is 1.50. The Bertz CT molecular complexity index is 2420. The van der Waals surface area contributed by atoms with Crippen molar-refractivity contribution in [1.82, 2.24) is 4.90 Å². The van der Waals surface area contributed by atoms with Crippen molar-refractivity contribution in [2.75, 3.05) is 33.5 Å². The largest absolute Gasteiger partial charge is 0.506 e. The van der Waals surface area contributed by atoms with Crippen molar-refractivity contribution >= 4 is 28.7 Å². The van der Waals surface area contributed by atoms with Gasteiger partial charge in [0.2, 0.25) is 6.29 Å². The molecule has 1 amide bonds. The second-order valence-corrected chi connectivity index (χ2v) is 16.1. The highest BCUT2D eigenvalue weighted by molar-refractivity contribution is 6.11. The van der Waals surface area contributed by atoms with Crippen LogP contribution >= 0.6 is 0 Å². The average Bonchev–Trinajstić information content (AvgIpc) is 4.01. The second-order valence-electron chi connectivity index (χ2n) is 16.1. The summed E-state index contributed by atoms with van der Waals surface area (Å²) in [6.07, 6.45) is 8.72. The first-order valence-electron chi connectivity index (χ1n) is 20.6. The molecule has 4 N–H and O–H groups in total. The lowest BCUT2D eigenvalue weighted by Gasteiger charge is -2.41. The zero-order valence-corrected chi connectivity index (χ0v) is 33.3. The molecular weight excluding hydrogens is 769 g/mol. The second kappa shape index (κ2) is 16.8. The molecule has 13 nitrogen and oxygen atoms in total. The van der Waals surface area contributed by atoms with E-state index >= 15 is 0 Å². The van der Waals surface area contributed by atoms with Crippen LogP contribution in [0.25, 0.3) is 10.8 Å². The zero-order chi connectivity index (χ0) is 41.5. The van der Waals surface area contributed by atoms with E-state index in [0.717, 1.165) is 65.6 Å². The number of hydrogen-bond donors (Lipinski definition) is 4. The number of carbonyl (C=O) groups excluding carboxylic acids is 2. The molecule has 0 radical (unpaired) electrons. The summed E-state index contributed by atoms with van der Waals surface area (Å²) in [6.45, 7) is 0.0488. The number of methoxy groups -OCH3 is 1. The molecule has 3 aromatic rings. The number of allylic oxidation sites excluding steroid dienone is 4. The van der Waals surface area contributed by atoms with Crippen LogP contribution in [-0.2, 0) is 27.2 Å². The Morgan fingerprint density at radius 3 is 2.73 bits per heavy atom. The minimum absolute atomic E-state index is 0.0171. The summed E-state index contributed by atoms with van der Waals surface area (Å²) in [5.74, 6) is 2.45. The number of nitrogens with zero attached hydrogens (tertiary/aromatic N) is 2. The number of aliphatic hydroxyl groups excluding tert-OH is 3. The summed E-state index contributed by atoms with van der Waals surface area (Å²) >= 11 is 0. The van der Waals surface area contributed by atoms with E-state index in [2.05, 4.69) is 17.0 Å². The minimum Gasteiger partial charge on any atom is -0.506 e. The molecule has 1 saturated carbocycles. The molecule has 2 fully saturated rings. The van der Waals surface area contributed by atoms with Crippen molar-refractivity contribution in [3.8, 4) is 29.3 Å². The van der Waals surface area contributed by atoms with Gasteiger partial charge in [0, 0.05) is 55.3 Å². The van der Waals surface area contributed by atoms with E-state index in [1.807, 2.05) is 30.7 Å². The highest BCUT2D eigenvalue weighted by Gasteiger charge is 2.48. The molecule has 3 aromatic carbocycles. The molecule has 0 aromatic heterocycles. The van der Waals surface area contributed by atoms with Crippen LogP contribution in [-0.4, -0.2) is 107 Å². The van der Waals surface area contributed by atoms with Crippen LogP contribution in [0.1, 0.15) is 81.8 Å². The van der Waals surface area contributed by atoms with Crippen molar-refractivity contribution < 1.29 is 53.7 Å². The molecule has 13 heteroatoms. The lowest BCUT2D eigenvalue weighted by molar-refractivity contribution is -0.278. The van der Waals surface area contributed by atoms with Crippen LogP contribution in [0.5, 0.6) is 17.2 Å². The summed E-state index contributed by atoms with van der Waals surface area (Å²) in [4.78, 5) is 34.2. The number of ether oxygens (including phenoxy) is 5. The van der Waals surface area contributed by atoms with Crippen molar-refractivity contribution in [2.45, 2.75) is 88.1 Å². The van der Waals surface area contributed by atoms with Crippen molar-refractivity contribution in [3.05, 3.63) is 105 Å². The average molecular weight is 816 g/mol. The lowest BCUT2D eigenvalue weighted by Crippen LogP contribution is -2.60. The predicted octanol–water partition coefficient (Wildman–Crippen LogP) is 4.98. The van der Waals surface area contributed by atoms with Gasteiger partial charge in [0.25, 0.3) is 5.91 Å². The third kappa shape index (κ3) is 7.43. The van der Waals surface area contributed by atoms with Crippen LogP contribution in [0.4, 0.5) is 0 Å². The van der Waals surface area contributed by atoms with E-state index in [-0.39, 0.29) is 73.6 Å². The standard InChI is InChI=1S/C47H46N2O11/c1-56-31-18-29-19-34(27-8-2-3-9-27)41-37(51)23-49-22-35-28(10-4-12-32(35)46(49)55)11-6-16-58-45-42(52)39(60-47(44(45)54)59-38(20-31)40(29)43(41)53)25-57-24-30-21-48-36-14-13-26(7-5-15-50)17-33(30)36/h4,10,12-14,17-21,27,39,42,44-45,47,50,52,54H,2-3,5,7-9,11,15,22-25H2,1H3/p+1/t39-,42-,44-,45+,47+/m1/s1. The Morgan fingerprint density at radius 2 is 1.92 bits per heavy atom. The minimum atomic E-state index is -1.58. The molecule has 4 aliphatic heterocycles. The van der Waals surface area contributed by atoms with E-state index < -0.39 is 36.5 Å². The highest BCUT2D eigenvalue weighted by Crippen LogP contribution is 2.47. The number of aliphatic hydroxyl groups is 3. The Labute approximate surface area is 347 Å². The maximum Gasteiger partial charge on any atom is 0.254 e. The first kappa shape index (κ1) is 39.8. The van der Waals surface area contributed by atoms with Crippen LogP contribution in [0, 0.1) is 18.4 Å². The van der Waals surface area contributed by atoms with Gasteiger partial charge in [-0.3, -0.25) is 9.59 Å². The highest BCUT2D eigenvalue weighted by atomic mass is 16.7. The van der Waals surface area contributed by atoms with E-state index in [4.69, 9.17) is 23.7 Å². The van der Waals surface area contributed by atoms with E-state index in [1.54, 1.807) is 24.4 Å². The molecule has 5 atom stereocenters.